The van der Waals surface area contributed by atoms with E-state index in [0.29, 0.717) is 12.0 Å². The molecular weight excluding hydrogens is 312 g/mol. The average molecular weight is 331 g/mol. The number of ether oxygens (including phenoxy) is 4. The number of hydrogen-bond donors (Lipinski definition) is 1. The van der Waals surface area contributed by atoms with E-state index in [4.69, 9.17) is 30.5 Å². The van der Waals surface area contributed by atoms with Gasteiger partial charge in [0.15, 0.2) is 11.5 Å². The summed E-state index contributed by atoms with van der Waals surface area (Å²) in [7, 11) is 5.75. The van der Waals surface area contributed by atoms with E-state index in [1.165, 1.54) is 34.5 Å². The maximum Gasteiger partial charge on any atom is 0.331 e. The van der Waals surface area contributed by atoms with Gasteiger partial charge in [-0.3, -0.25) is 0 Å². The second kappa shape index (κ2) is 7.79. The number of rotatable bonds is 7. The van der Waals surface area contributed by atoms with Crippen LogP contribution in [0.15, 0.2) is 5.57 Å². The van der Waals surface area contributed by atoms with Gasteiger partial charge in [-0.05, 0) is 12.5 Å². The molecule has 0 aliphatic heterocycles. The molecule has 1 rings (SSSR count). The topological polar surface area (TPSA) is 74.2 Å². The van der Waals surface area contributed by atoms with E-state index in [-0.39, 0.29) is 33.6 Å². The van der Waals surface area contributed by atoms with Crippen LogP contribution in [0.1, 0.15) is 18.9 Å². The van der Waals surface area contributed by atoms with Gasteiger partial charge in [0, 0.05) is 11.1 Å². The largest absolute Gasteiger partial charge is 0.492 e. The van der Waals surface area contributed by atoms with E-state index < -0.39 is 5.97 Å². The van der Waals surface area contributed by atoms with Crippen LogP contribution in [-0.4, -0.2) is 39.5 Å². The minimum absolute atomic E-state index is 0.175. The third kappa shape index (κ3) is 3.22. The number of hydrogen-bond acceptors (Lipinski definition) is 5. The third-order valence-electron chi connectivity index (χ3n) is 3.09. The zero-order valence-corrected chi connectivity index (χ0v) is 13.9. The van der Waals surface area contributed by atoms with Crippen LogP contribution >= 0.6 is 11.6 Å². The Bertz CT molecular complexity index is 594. The molecular formula is C15H19ClO6. The first-order chi connectivity index (χ1) is 10.5. The molecule has 0 unspecified atom stereocenters. The molecule has 0 aliphatic rings. The molecule has 0 saturated carbocycles. The number of carboxylic acid groups (broad SMARTS) is 1. The van der Waals surface area contributed by atoms with E-state index in [1.54, 1.807) is 6.92 Å². The predicted molar refractivity (Wildman–Crippen MR) is 83.6 cm³/mol. The van der Waals surface area contributed by atoms with E-state index in [2.05, 4.69) is 0 Å². The Labute approximate surface area is 134 Å². The van der Waals surface area contributed by atoms with Gasteiger partial charge in [-0.2, -0.15) is 0 Å². The Kier molecular flexibility index (Phi) is 6.37. The highest BCUT2D eigenvalue weighted by molar-refractivity contribution is 6.34. The van der Waals surface area contributed by atoms with Gasteiger partial charge >= 0.3 is 5.97 Å². The summed E-state index contributed by atoms with van der Waals surface area (Å²) in [6.45, 7) is 1.73. The van der Waals surface area contributed by atoms with Gasteiger partial charge in [0.1, 0.15) is 0 Å². The predicted octanol–water partition coefficient (Wildman–Crippen LogP) is 3.25. The molecule has 122 valence electrons. The fourth-order valence-corrected chi connectivity index (χ4v) is 2.33. The Morgan fingerprint density at radius 3 is 1.82 bits per heavy atom. The molecule has 0 spiro atoms. The molecule has 0 fully saturated rings. The number of carboxylic acids is 1. The molecule has 1 aromatic carbocycles. The van der Waals surface area contributed by atoms with Crippen LogP contribution in [0.2, 0.25) is 5.02 Å². The molecule has 0 bridgehead atoms. The molecule has 0 aromatic heterocycles. The lowest BCUT2D eigenvalue weighted by Crippen LogP contribution is -2.03. The highest BCUT2D eigenvalue weighted by atomic mass is 35.5. The van der Waals surface area contributed by atoms with Crippen LogP contribution < -0.4 is 18.9 Å². The molecule has 1 N–H and O–H groups in total. The summed E-state index contributed by atoms with van der Waals surface area (Å²) in [5.41, 5.74) is 0.535. The second-order valence-electron chi connectivity index (χ2n) is 4.19. The lowest BCUT2D eigenvalue weighted by molar-refractivity contribution is -0.132. The molecule has 22 heavy (non-hydrogen) atoms. The molecule has 7 heteroatoms. The van der Waals surface area contributed by atoms with Crippen molar-refractivity contribution in [2.45, 2.75) is 13.3 Å². The van der Waals surface area contributed by atoms with Crippen molar-refractivity contribution in [3.63, 3.8) is 0 Å². The zero-order chi connectivity index (χ0) is 16.9. The van der Waals surface area contributed by atoms with Crippen molar-refractivity contribution < 1.29 is 28.8 Å². The summed E-state index contributed by atoms with van der Waals surface area (Å²) in [6.07, 6.45) is 1.76. The van der Waals surface area contributed by atoms with Gasteiger partial charge < -0.3 is 24.1 Å². The fourth-order valence-electron chi connectivity index (χ4n) is 2.02. The Hall–Kier alpha value is -2.08. The molecule has 0 heterocycles. The minimum Gasteiger partial charge on any atom is -0.492 e. The number of aliphatic carboxylic acids is 1. The van der Waals surface area contributed by atoms with Crippen molar-refractivity contribution in [3.8, 4) is 23.0 Å². The number of methoxy groups -OCH3 is 4. The maximum absolute atomic E-state index is 11.2. The van der Waals surface area contributed by atoms with Gasteiger partial charge in [-0.15, -0.1) is 0 Å². The van der Waals surface area contributed by atoms with Crippen molar-refractivity contribution in [2.75, 3.05) is 28.4 Å². The number of halogens is 1. The summed E-state index contributed by atoms with van der Waals surface area (Å²) in [5, 5.41) is 9.39. The first-order valence-corrected chi connectivity index (χ1v) is 6.83. The first-order valence-electron chi connectivity index (χ1n) is 6.45. The minimum atomic E-state index is -1.03. The zero-order valence-electron chi connectivity index (χ0n) is 13.2. The Morgan fingerprint density at radius 1 is 1.00 bits per heavy atom. The van der Waals surface area contributed by atoms with Gasteiger partial charge in [0.05, 0.1) is 33.5 Å². The van der Waals surface area contributed by atoms with Crippen molar-refractivity contribution in [2.24, 2.45) is 0 Å². The van der Waals surface area contributed by atoms with Crippen LogP contribution in [0.5, 0.6) is 23.0 Å². The Morgan fingerprint density at radius 2 is 1.45 bits per heavy atom. The van der Waals surface area contributed by atoms with Crippen LogP contribution in [0.3, 0.4) is 0 Å². The normalized spacial score (nSPS) is 11.1. The van der Waals surface area contributed by atoms with Gasteiger partial charge in [0.2, 0.25) is 11.5 Å². The molecule has 0 amide bonds. The van der Waals surface area contributed by atoms with Crippen LogP contribution in [0.25, 0.3) is 6.08 Å². The van der Waals surface area contributed by atoms with E-state index >= 15 is 0 Å². The number of carbonyl (C=O) groups is 1. The van der Waals surface area contributed by atoms with Crippen LogP contribution in [0, 0.1) is 0 Å². The average Bonchev–Trinajstić information content (AvgIpc) is 2.51. The molecule has 0 saturated heterocycles. The molecule has 0 radical (unpaired) electrons. The van der Waals surface area contributed by atoms with Crippen LogP contribution in [-0.2, 0) is 4.79 Å². The third-order valence-corrected chi connectivity index (χ3v) is 3.47. The summed E-state index contributed by atoms with van der Waals surface area (Å²) >= 11 is 6.33. The SMILES string of the molecule is CC/C(=C\c1c(Cl)c(OC)c(OC)c(OC)c1OC)C(=O)O. The summed E-state index contributed by atoms with van der Waals surface area (Å²) < 4.78 is 21.2. The monoisotopic (exact) mass is 330 g/mol. The lowest BCUT2D eigenvalue weighted by Gasteiger charge is -2.19. The summed E-state index contributed by atoms with van der Waals surface area (Å²) in [4.78, 5) is 11.2. The van der Waals surface area contributed by atoms with Gasteiger partial charge in [0.25, 0.3) is 0 Å². The molecule has 6 nitrogen and oxygen atoms in total. The number of benzene rings is 1. The quantitative estimate of drug-likeness (QED) is 0.773. The second-order valence-corrected chi connectivity index (χ2v) is 4.57. The maximum atomic E-state index is 11.2. The van der Waals surface area contributed by atoms with Crippen molar-refractivity contribution in [1.29, 1.82) is 0 Å². The van der Waals surface area contributed by atoms with Crippen LogP contribution in [0.4, 0.5) is 0 Å². The molecule has 0 atom stereocenters. The smallest absolute Gasteiger partial charge is 0.331 e. The molecule has 0 aliphatic carbocycles. The molecule has 1 aromatic rings. The van der Waals surface area contributed by atoms with Crippen molar-refractivity contribution in [1.82, 2.24) is 0 Å². The highest BCUT2D eigenvalue weighted by Crippen LogP contribution is 2.52. The van der Waals surface area contributed by atoms with E-state index in [9.17, 15) is 9.90 Å². The van der Waals surface area contributed by atoms with Gasteiger partial charge in [-0.1, -0.05) is 18.5 Å². The first kappa shape index (κ1) is 18.0. The summed E-state index contributed by atoms with van der Waals surface area (Å²) in [6, 6.07) is 0. The lowest BCUT2D eigenvalue weighted by atomic mass is 10.1. The highest BCUT2D eigenvalue weighted by Gasteiger charge is 2.26. The van der Waals surface area contributed by atoms with E-state index in [1.807, 2.05) is 0 Å². The fraction of sp³-hybridized carbons (Fsp3) is 0.400. The van der Waals surface area contributed by atoms with Gasteiger partial charge in [-0.25, -0.2) is 4.79 Å². The van der Waals surface area contributed by atoms with Crippen molar-refractivity contribution in [3.05, 3.63) is 16.2 Å². The van der Waals surface area contributed by atoms with Crippen molar-refractivity contribution >= 4 is 23.6 Å². The van der Waals surface area contributed by atoms with E-state index in [0.717, 1.165) is 0 Å². The Balaban J connectivity index is 3.80. The standard InChI is InChI=1S/C15H19ClO6/c1-6-8(15(17)18)7-9-10(16)12(20-3)14(22-5)13(21-4)11(9)19-2/h7H,6H2,1-5H3,(H,17,18)/b8-7+. The summed E-state index contributed by atoms with van der Waals surface area (Å²) in [5.74, 6) is 0.0383.